The second-order valence-corrected chi connectivity index (χ2v) is 7.19. The van der Waals surface area contributed by atoms with E-state index in [2.05, 4.69) is 10.0 Å². The van der Waals surface area contributed by atoms with Gasteiger partial charge in [-0.15, -0.1) is 0 Å². The summed E-state index contributed by atoms with van der Waals surface area (Å²) >= 11 is 6.02. The summed E-state index contributed by atoms with van der Waals surface area (Å²) in [5, 5.41) is 3.34. The fourth-order valence-corrected chi connectivity index (χ4v) is 2.91. The SMILES string of the molecule is CNS(=O)(=O)c1ccc(CNC(=O)Cc2ccccc2Cl)cc1. The molecule has 5 nitrogen and oxygen atoms in total. The monoisotopic (exact) mass is 352 g/mol. The molecule has 0 saturated carbocycles. The topological polar surface area (TPSA) is 75.3 Å². The third-order valence-electron chi connectivity index (χ3n) is 3.30. The highest BCUT2D eigenvalue weighted by molar-refractivity contribution is 7.89. The maximum Gasteiger partial charge on any atom is 0.240 e. The lowest BCUT2D eigenvalue weighted by atomic mass is 10.1. The normalized spacial score (nSPS) is 11.2. The van der Waals surface area contributed by atoms with Gasteiger partial charge in [-0.25, -0.2) is 13.1 Å². The first kappa shape index (κ1) is 17.5. The molecule has 7 heteroatoms. The van der Waals surface area contributed by atoms with Gasteiger partial charge in [0.05, 0.1) is 11.3 Å². The number of sulfonamides is 1. The molecule has 23 heavy (non-hydrogen) atoms. The minimum Gasteiger partial charge on any atom is -0.352 e. The first-order valence-corrected chi connectivity index (χ1v) is 8.81. The zero-order valence-corrected chi connectivity index (χ0v) is 14.1. The second kappa shape index (κ2) is 7.59. The molecule has 0 aliphatic carbocycles. The molecule has 0 spiro atoms. The van der Waals surface area contributed by atoms with Crippen molar-refractivity contribution in [2.24, 2.45) is 0 Å². The van der Waals surface area contributed by atoms with Gasteiger partial charge in [-0.3, -0.25) is 4.79 Å². The van der Waals surface area contributed by atoms with Gasteiger partial charge < -0.3 is 5.32 Å². The molecule has 0 saturated heterocycles. The molecule has 2 aromatic rings. The maximum atomic E-state index is 11.9. The van der Waals surface area contributed by atoms with Crippen LogP contribution in [0.2, 0.25) is 5.02 Å². The highest BCUT2D eigenvalue weighted by Gasteiger charge is 2.11. The van der Waals surface area contributed by atoms with Gasteiger partial charge in [-0.1, -0.05) is 41.9 Å². The zero-order chi connectivity index (χ0) is 16.9. The number of hydrogen-bond donors (Lipinski definition) is 2. The molecule has 0 heterocycles. The average molecular weight is 353 g/mol. The number of rotatable bonds is 6. The van der Waals surface area contributed by atoms with Crippen LogP contribution in [0.15, 0.2) is 53.4 Å². The van der Waals surface area contributed by atoms with E-state index in [1.54, 1.807) is 24.3 Å². The van der Waals surface area contributed by atoms with Gasteiger partial charge in [-0.2, -0.15) is 0 Å². The standard InChI is InChI=1S/C16H17ClN2O3S/c1-18-23(21,22)14-8-6-12(7-9-14)11-19-16(20)10-13-4-2-3-5-15(13)17/h2-9,18H,10-11H2,1H3,(H,19,20). The molecule has 0 fully saturated rings. The quantitative estimate of drug-likeness (QED) is 0.836. The van der Waals surface area contributed by atoms with E-state index in [4.69, 9.17) is 11.6 Å². The van der Waals surface area contributed by atoms with Gasteiger partial charge in [0.2, 0.25) is 15.9 Å². The summed E-state index contributed by atoms with van der Waals surface area (Å²) in [4.78, 5) is 12.1. The Morgan fingerprint density at radius 2 is 1.74 bits per heavy atom. The van der Waals surface area contributed by atoms with E-state index in [-0.39, 0.29) is 17.2 Å². The van der Waals surface area contributed by atoms with Crippen molar-refractivity contribution in [3.05, 3.63) is 64.7 Å². The number of amides is 1. The Morgan fingerprint density at radius 1 is 1.09 bits per heavy atom. The second-order valence-electron chi connectivity index (χ2n) is 4.90. The summed E-state index contributed by atoms with van der Waals surface area (Å²) in [6.45, 7) is 0.323. The first-order valence-electron chi connectivity index (χ1n) is 6.95. The molecule has 2 N–H and O–H groups in total. The van der Waals surface area contributed by atoms with Crippen LogP contribution in [0.3, 0.4) is 0 Å². The zero-order valence-electron chi connectivity index (χ0n) is 12.5. The number of halogens is 1. The third-order valence-corrected chi connectivity index (χ3v) is 5.10. The van der Waals surface area contributed by atoms with Crippen LogP contribution in [-0.2, 0) is 27.8 Å². The van der Waals surface area contributed by atoms with Crippen molar-refractivity contribution in [3.63, 3.8) is 0 Å². The molecule has 0 bridgehead atoms. The van der Waals surface area contributed by atoms with E-state index in [1.807, 2.05) is 12.1 Å². The van der Waals surface area contributed by atoms with Crippen LogP contribution in [-0.4, -0.2) is 21.4 Å². The molecule has 0 radical (unpaired) electrons. The molecule has 2 aromatic carbocycles. The lowest BCUT2D eigenvalue weighted by Gasteiger charge is -2.08. The van der Waals surface area contributed by atoms with Crippen LogP contribution in [0.1, 0.15) is 11.1 Å². The van der Waals surface area contributed by atoms with E-state index in [9.17, 15) is 13.2 Å². The van der Waals surface area contributed by atoms with Gasteiger partial charge in [0, 0.05) is 11.6 Å². The van der Waals surface area contributed by atoms with Crippen molar-refractivity contribution in [1.29, 1.82) is 0 Å². The minimum atomic E-state index is -3.44. The van der Waals surface area contributed by atoms with Crippen molar-refractivity contribution in [2.45, 2.75) is 17.9 Å². The molecule has 0 aliphatic heterocycles. The fraction of sp³-hybridized carbons (Fsp3) is 0.188. The molecular formula is C16H17ClN2O3S. The predicted octanol–water partition coefficient (Wildman–Crippen LogP) is 2.11. The molecule has 0 unspecified atom stereocenters. The highest BCUT2D eigenvalue weighted by atomic mass is 35.5. The number of hydrogen-bond acceptors (Lipinski definition) is 3. The Hall–Kier alpha value is -1.89. The van der Waals surface area contributed by atoms with Gasteiger partial charge >= 0.3 is 0 Å². The summed E-state index contributed by atoms with van der Waals surface area (Å²) < 4.78 is 25.5. The van der Waals surface area contributed by atoms with Crippen LogP contribution >= 0.6 is 11.6 Å². The summed E-state index contributed by atoms with van der Waals surface area (Å²) in [5.41, 5.74) is 1.58. The third kappa shape index (κ3) is 4.79. The van der Waals surface area contributed by atoms with Crippen LogP contribution in [0.4, 0.5) is 0 Å². The van der Waals surface area contributed by atoms with Gasteiger partial charge in [0.15, 0.2) is 0 Å². The highest BCUT2D eigenvalue weighted by Crippen LogP contribution is 2.15. The van der Waals surface area contributed by atoms with Crippen LogP contribution in [0.25, 0.3) is 0 Å². The Bertz CT molecular complexity index is 789. The van der Waals surface area contributed by atoms with Gasteiger partial charge in [0.1, 0.15) is 0 Å². The Balaban J connectivity index is 1.93. The molecule has 2 rings (SSSR count). The lowest BCUT2D eigenvalue weighted by Crippen LogP contribution is -2.24. The smallest absolute Gasteiger partial charge is 0.240 e. The molecular weight excluding hydrogens is 336 g/mol. The van der Waals surface area contributed by atoms with Crippen LogP contribution in [0, 0.1) is 0 Å². The molecule has 1 amide bonds. The lowest BCUT2D eigenvalue weighted by molar-refractivity contribution is -0.120. The fourth-order valence-electron chi connectivity index (χ4n) is 1.98. The number of carbonyl (C=O) groups is 1. The predicted molar refractivity (Wildman–Crippen MR) is 89.7 cm³/mol. The van der Waals surface area contributed by atoms with E-state index in [0.29, 0.717) is 11.6 Å². The van der Waals surface area contributed by atoms with Crippen molar-refractivity contribution < 1.29 is 13.2 Å². The summed E-state index contributed by atoms with van der Waals surface area (Å²) in [6.07, 6.45) is 0.200. The van der Waals surface area contributed by atoms with Crippen LogP contribution in [0.5, 0.6) is 0 Å². The largest absolute Gasteiger partial charge is 0.352 e. The first-order chi connectivity index (χ1) is 10.9. The average Bonchev–Trinajstić information content (AvgIpc) is 2.55. The van der Waals surface area contributed by atoms with Crippen LogP contribution < -0.4 is 10.0 Å². The molecule has 0 aromatic heterocycles. The Labute approximate surface area is 140 Å². The molecule has 0 atom stereocenters. The van der Waals surface area contributed by atoms with Crippen molar-refractivity contribution in [3.8, 4) is 0 Å². The van der Waals surface area contributed by atoms with E-state index >= 15 is 0 Å². The Kier molecular flexibility index (Phi) is 5.76. The maximum absolute atomic E-state index is 11.9. The van der Waals surface area contributed by atoms with E-state index in [0.717, 1.165) is 11.1 Å². The number of benzene rings is 2. The van der Waals surface area contributed by atoms with E-state index < -0.39 is 10.0 Å². The number of nitrogens with one attached hydrogen (secondary N) is 2. The van der Waals surface area contributed by atoms with Gasteiger partial charge in [-0.05, 0) is 36.4 Å². The summed E-state index contributed by atoms with van der Waals surface area (Å²) in [6, 6.07) is 13.5. The minimum absolute atomic E-state index is 0.148. The van der Waals surface area contributed by atoms with Crippen molar-refractivity contribution in [2.75, 3.05) is 7.05 Å². The van der Waals surface area contributed by atoms with Crippen molar-refractivity contribution in [1.82, 2.24) is 10.0 Å². The number of carbonyl (C=O) groups excluding carboxylic acids is 1. The van der Waals surface area contributed by atoms with Crippen molar-refractivity contribution >= 4 is 27.5 Å². The van der Waals surface area contributed by atoms with Gasteiger partial charge in [0.25, 0.3) is 0 Å². The summed E-state index contributed by atoms with van der Waals surface area (Å²) in [5.74, 6) is -0.148. The Morgan fingerprint density at radius 3 is 2.35 bits per heavy atom. The molecule has 122 valence electrons. The molecule has 0 aliphatic rings. The summed E-state index contributed by atoms with van der Waals surface area (Å²) in [7, 11) is -2.08. The van der Waals surface area contributed by atoms with E-state index in [1.165, 1.54) is 19.2 Å².